The van der Waals surface area contributed by atoms with Crippen LogP contribution in [0.5, 0.6) is 0 Å². The molecule has 0 amide bonds. The van der Waals surface area contributed by atoms with Crippen molar-refractivity contribution in [3.8, 4) is 0 Å². The Bertz CT molecular complexity index is 1050. The first-order chi connectivity index (χ1) is 15.8. The molecule has 1 heterocycles. The zero-order chi connectivity index (χ0) is 21.6. The SMILES string of the molecule is C1=C(CCNc2nc3cc4ccccc4cc3nc2NCCC2=CCCCC2)CCCC1. The first-order valence-corrected chi connectivity index (χ1v) is 12.4. The van der Waals surface area contributed by atoms with Crippen LogP contribution in [0.2, 0.25) is 0 Å². The van der Waals surface area contributed by atoms with Gasteiger partial charge in [-0.2, -0.15) is 0 Å². The molecule has 5 rings (SSSR count). The minimum absolute atomic E-state index is 0.877. The van der Waals surface area contributed by atoms with E-state index in [1.54, 1.807) is 11.1 Å². The molecule has 0 saturated carbocycles. The minimum Gasteiger partial charge on any atom is -0.367 e. The van der Waals surface area contributed by atoms with Crippen molar-refractivity contribution in [3.05, 3.63) is 59.7 Å². The third kappa shape index (κ3) is 5.12. The molecule has 0 bridgehead atoms. The Morgan fingerprint density at radius 1 is 0.656 bits per heavy atom. The Kier molecular flexibility index (Phi) is 6.66. The van der Waals surface area contributed by atoms with Crippen molar-refractivity contribution in [3.63, 3.8) is 0 Å². The number of fused-ring (bicyclic) bond motifs is 2. The molecule has 2 aliphatic rings. The topological polar surface area (TPSA) is 49.8 Å². The van der Waals surface area contributed by atoms with E-state index in [9.17, 15) is 0 Å². The summed E-state index contributed by atoms with van der Waals surface area (Å²) < 4.78 is 0. The first kappa shape index (κ1) is 21.0. The zero-order valence-corrected chi connectivity index (χ0v) is 19.0. The lowest BCUT2D eigenvalue weighted by molar-refractivity contribution is 0.678. The summed E-state index contributed by atoms with van der Waals surface area (Å²) in [5, 5.41) is 9.61. The van der Waals surface area contributed by atoms with Gasteiger partial charge in [0, 0.05) is 13.1 Å². The van der Waals surface area contributed by atoms with Crippen molar-refractivity contribution in [1.82, 2.24) is 9.97 Å². The van der Waals surface area contributed by atoms with Gasteiger partial charge in [0.1, 0.15) is 0 Å². The monoisotopic (exact) mass is 426 g/mol. The van der Waals surface area contributed by atoms with Gasteiger partial charge in [0.2, 0.25) is 0 Å². The predicted molar refractivity (Wildman–Crippen MR) is 136 cm³/mol. The summed E-state index contributed by atoms with van der Waals surface area (Å²) in [7, 11) is 0. The summed E-state index contributed by atoms with van der Waals surface area (Å²) in [4.78, 5) is 10.0. The molecule has 0 aliphatic heterocycles. The van der Waals surface area contributed by atoms with Gasteiger partial charge in [-0.05, 0) is 87.1 Å². The van der Waals surface area contributed by atoms with Crippen molar-refractivity contribution in [1.29, 1.82) is 0 Å². The molecule has 0 radical (unpaired) electrons. The van der Waals surface area contributed by atoms with Crippen LogP contribution in [0.25, 0.3) is 21.8 Å². The van der Waals surface area contributed by atoms with Gasteiger partial charge in [-0.25, -0.2) is 9.97 Å². The first-order valence-electron chi connectivity index (χ1n) is 12.4. The van der Waals surface area contributed by atoms with E-state index in [2.05, 4.69) is 59.2 Å². The Labute approximate surface area is 191 Å². The van der Waals surface area contributed by atoms with Gasteiger partial charge >= 0.3 is 0 Å². The fraction of sp³-hybridized carbons (Fsp3) is 0.429. The second-order valence-corrected chi connectivity index (χ2v) is 9.18. The van der Waals surface area contributed by atoms with Crippen LogP contribution >= 0.6 is 0 Å². The average molecular weight is 427 g/mol. The number of aromatic nitrogens is 2. The van der Waals surface area contributed by atoms with Gasteiger partial charge in [-0.15, -0.1) is 0 Å². The highest BCUT2D eigenvalue weighted by molar-refractivity contribution is 5.96. The number of allylic oxidation sites excluding steroid dienone is 2. The van der Waals surface area contributed by atoms with Crippen LogP contribution in [0.15, 0.2) is 59.7 Å². The van der Waals surface area contributed by atoms with E-state index in [-0.39, 0.29) is 0 Å². The second-order valence-electron chi connectivity index (χ2n) is 9.18. The van der Waals surface area contributed by atoms with E-state index >= 15 is 0 Å². The Morgan fingerprint density at radius 3 is 1.59 bits per heavy atom. The molecule has 0 fully saturated rings. The molecular formula is C28H34N4. The van der Waals surface area contributed by atoms with Crippen molar-refractivity contribution < 1.29 is 0 Å². The van der Waals surface area contributed by atoms with Crippen LogP contribution in [0.3, 0.4) is 0 Å². The van der Waals surface area contributed by atoms with E-state index in [4.69, 9.17) is 9.97 Å². The Morgan fingerprint density at radius 2 is 1.16 bits per heavy atom. The quantitative estimate of drug-likeness (QED) is 0.291. The molecule has 4 heteroatoms. The van der Waals surface area contributed by atoms with E-state index in [1.165, 1.54) is 62.1 Å². The largest absolute Gasteiger partial charge is 0.367 e. The molecule has 2 N–H and O–H groups in total. The van der Waals surface area contributed by atoms with Gasteiger partial charge < -0.3 is 10.6 Å². The third-order valence-corrected chi connectivity index (χ3v) is 6.78. The maximum Gasteiger partial charge on any atom is 0.169 e. The van der Waals surface area contributed by atoms with Crippen molar-refractivity contribution in [2.75, 3.05) is 23.7 Å². The molecule has 0 unspecified atom stereocenters. The van der Waals surface area contributed by atoms with E-state index < -0.39 is 0 Å². The molecule has 32 heavy (non-hydrogen) atoms. The average Bonchev–Trinajstić information content (AvgIpc) is 2.84. The van der Waals surface area contributed by atoms with Crippen molar-refractivity contribution in [2.24, 2.45) is 0 Å². The van der Waals surface area contributed by atoms with Gasteiger partial charge in [-0.3, -0.25) is 0 Å². The summed E-state index contributed by atoms with van der Waals surface area (Å²) in [6.45, 7) is 1.80. The normalized spacial score (nSPS) is 16.6. The van der Waals surface area contributed by atoms with Gasteiger partial charge in [0.15, 0.2) is 11.6 Å². The lowest BCUT2D eigenvalue weighted by Gasteiger charge is -2.17. The number of nitrogens with zero attached hydrogens (tertiary/aromatic N) is 2. The summed E-state index contributed by atoms with van der Waals surface area (Å²) >= 11 is 0. The number of hydrogen-bond donors (Lipinski definition) is 2. The molecule has 0 spiro atoms. The van der Waals surface area contributed by atoms with Crippen LogP contribution in [0.4, 0.5) is 11.6 Å². The number of hydrogen-bond acceptors (Lipinski definition) is 4. The van der Waals surface area contributed by atoms with Crippen molar-refractivity contribution in [2.45, 2.75) is 64.2 Å². The molecular weight excluding hydrogens is 392 g/mol. The molecule has 2 aliphatic carbocycles. The van der Waals surface area contributed by atoms with E-state index in [0.29, 0.717) is 0 Å². The number of rotatable bonds is 8. The summed E-state index contributed by atoms with van der Waals surface area (Å²) in [5.74, 6) is 1.75. The van der Waals surface area contributed by atoms with Crippen LogP contribution in [0.1, 0.15) is 64.2 Å². The van der Waals surface area contributed by atoms with Crippen LogP contribution in [0, 0.1) is 0 Å². The molecule has 3 aromatic rings. The lowest BCUT2D eigenvalue weighted by Crippen LogP contribution is -2.12. The highest BCUT2D eigenvalue weighted by atomic mass is 15.1. The molecule has 1 aromatic heterocycles. The smallest absolute Gasteiger partial charge is 0.169 e. The maximum atomic E-state index is 5.00. The molecule has 0 saturated heterocycles. The van der Waals surface area contributed by atoms with Crippen molar-refractivity contribution >= 4 is 33.4 Å². The molecule has 0 atom stereocenters. The summed E-state index contributed by atoms with van der Waals surface area (Å²) in [6.07, 6.45) is 17.3. The van der Waals surface area contributed by atoms with E-state index in [1.807, 2.05) is 0 Å². The third-order valence-electron chi connectivity index (χ3n) is 6.78. The van der Waals surface area contributed by atoms with Gasteiger partial charge in [-0.1, -0.05) is 47.6 Å². The molecule has 4 nitrogen and oxygen atoms in total. The fourth-order valence-electron chi connectivity index (χ4n) is 4.94. The number of nitrogens with one attached hydrogen (secondary N) is 2. The zero-order valence-electron chi connectivity index (χ0n) is 19.0. The van der Waals surface area contributed by atoms with Gasteiger partial charge in [0.05, 0.1) is 11.0 Å². The standard InChI is InChI=1S/C28H34N4/c1-3-9-21(10-4-1)15-17-29-27-28(30-18-16-22-11-5-2-6-12-22)32-26-20-24-14-8-7-13-23(24)19-25(26)31-27/h7-9,11,13-14,19-20H,1-6,10,12,15-18H2,(H,29,31)(H,30,32). The predicted octanol–water partition coefficient (Wildman–Crippen LogP) is 7.39. The number of anilines is 2. The minimum atomic E-state index is 0.877. The fourth-order valence-corrected chi connectivity index (χ4v) is 4.94. The molecule has 2 aromatic carbocycles. The molecule has 166 valence electrons. The summed E-state index contributed by atoms with van der Waals surface area (Å²) in [5.41, 5.74) is 5.07. The number of benzene rings is 2. The van der Waals surface area contributed by atoms with Crippen LogP contribution < -0.4 is 10.6 Å². The highest BCUT2D eigenvalue weighted by Gasteiger charge is 2.11. The highest BCUT2D eigenvalue weighted by Crippen LogP contribution is 2.27. The van der Waals surface area contributed by atoms with Crippen LogP contribution in [-0.4, -0.2) is 23.1 Å². The van der Waals surface area contributed by atoms with Crippen LogP contribution in [-0.2, 0) is 0 Å². The lowest BCUT2D eigenvalue weighted by atomic mass is 9.97. The maximum absolute atomic E-state index is 5.00. The second kappa shape index (κ2) is 10.2. The summed E-state index contributed by atoms with van der Waals surface area (Å²) in [6, 6.07) is 12.8. The Balaban J connectivity index is 1.36. The Hall–Kier alpha value is -2.88. The van der Waals surface area contributed by atoms with Gasteiger partial charge in [0.25, 0.3) is 0 Å². The van der Waals surface area contributed by atoms with E-state index in [0.717, 1.165) is 48.6 Å².